The summed E-state index contributed by atoms with van der Waals surface area (Å²) < 4.78 is 2.09. The van der Waals surface area contributed by atoms with Crippen LogP contribution in [0.4, 0.5) is 0 Å². The Hall–Kier alpha value is -1.46. The zero-order chi connectivity index (χ0) is 13.2. The van der Waals surface area contributed by atoms with Crippen molar-refractivity contribution in [1.29, 1.82) is 0 Å². The molecule has 1 saturated heterocycles. The van der Waals surface area contributed by atoms with Crippen LogP contribution in [0, 0.1) is 0 Å². The SMILES string of the molecule is CC(O)CC1CCCN1Cc1cnc2cnccn12. The lowest BCUT2D eigenvalue weighted by atomic mass is 10.1. The van der Waals surface area contributed by atoms with Crippen molar-refractivity contribution in [2.75, 3.05) is 6.54 Å². The van der Waals surface area contributed by atoms with Crippen molar-refractivity contribution >= 4 is 5.65 Å². The van der Waals surface area contributed by atoms with E-state index in [1.807, 2.05) is 19.3 Å². The van der Waals surface area contributed by atoms with Crippen LogP contribution in [-0.4, -0.2) is 43.1 Å². The molecule has 3 heterocycles. The first-order valence-electron chi connectivity index (χ1n) is 6.92. The fourth-order valence-electron chi connectivity index (χ4n) is 2.98. The fourth-order valence-corrected chi connectivity index (χ4v) is 2.98. The first-order valence-corrected chi connectivity index (χ1v) is 6.92. The van der Waals surface area contributed by atoms with Gasteiger partial charge in [0.25, 0.3) is 0 Å². The molecule has 0 aromatic carbocycles. The monoisotopic (exact) mass is 260 g/mol. The number of aromatic nitrogens is 3. The third-order valence-corrected chi connectivity index (χ3v) is 3.87. The number of aliphatic hydroxyl groups excluding tert-OH is 1. The summed E-state index contributed by atoms with van der Waals surface area (Å²) in [6, 6.07) is 0.493. The third kappa shape index (κ3) is 2.62. The summed E-state index contributed by atoms with van der Waals surface area (Å²) in [6.45, 7) is 3.87. The fraction of sp³-hybridized carbons (Fsp3) is 0.571. The summed E-state index contributed by atoms with van der Waals surface area (Å²) in [5.41, 5.74) is 2.08. The number of fused-ring (bicyclic) bond motifs is 1. The van der Waals surface area contributed by atoms with Crippen LogP contribution in [0.15, 0.2) is 24.8 Å². The Bertz CT molecular complexity index is 551. The zero-order valence-corrected chi connectivity index (χ0v) is 11.2. The van der Waals surface area contributed by atoms with Crippen molar-refractivity contribution in [2.45, 2.75) is 44.9 Å². The average Bonchev–Trinajstić information content (AvgIpc) is 2.98. The maximum absolute atomic E-state index is 9.58. The van der Waals surface area contributed by atoms with Crippen LogP contribution in [0.3, 0.4) is 0 Å². The van der Waals surface area contributed by atoms with E-state index in [-0.39, 0.29) is 6.10 Å². The Morgan fingerprint density at radius 1 is 1.47 bits per heavy atom. The first-order chi connectivity index (χ1) is 9.24. The molecule has 1 fully saturated rings. The average molecular weight is 260 g/mol. The lowest BCUT2D eigenvalue weighted by Gasteiger charge is -2.25. The van der Waals surface area contributed by atoms with Crippen LogP contribution >= 0.6 is 0 Å². The van der Waals surface area contributed by atoms with Crippen LogP contribution in [0.25, 0.3) is 5.65 Å². The van der Waals surface area contributed by atoms with Gasteiger partial charge in [0.15, 0.2) is 5.65 Å². The smallest absolute Gasteiger partial charge is 0.155 e. The van der Waals surface area contributed by atoms with E-state index >= 15 is 0 Å². The summed E-state index contributed by atoms with van der Waals surface area (Å²) in [5, 5.41) is 9.58. The maximum Gasteiger partial charge on any atom is 0.155 e. The van der Waals surface area contributed by atoms with Crippen LogP contribution < -0.4 is 0 Å². The summed E-state index contributed by atoms with van der Waals surface area (Å²) >= 11 is 0. The highest BCUT2D eigenvalue weighted by molar-refractivity contribution is 5.36. The molecule has 0 bridgehead atoms. The van der Waals surface area contributed by atoms with Gasteiger partial charge in [-0.25, -0.2) is 4.98 Å². The van der Waals surface area contributed by atoms with E-state index < -0.39 is 0 Å². The van der Waals surface area contributed by atoms with Gasteiger partial charge in [0.1, 0.15) is 0 Å². The first kappa shape index (κ1) is 12.6. The molecule has 0 saturated carbocycles. The summed E-state index contributed by atoms with van der Waals surface area (Å²) in [7, 11) is 0. The van der Waals surface area contributed by atoms with E-state index in [1.54, 1.807) is 12.4 Å². The van der Waals surface area contributed by atoms with Gasteiger partial charge in [-0.05, 0) is 32.7 Å². The van der Waals surface area contributed by atoms with Crippen molar-refractivity contribution in [3.8, 4) is 0 Å². The van der Waals surface area contributed by atoms with Gasteiger partial charge in [-0.15, -0.1) is 0 Å². The molecule has 1 N–H and O–H groups in total. The molecular formula is C14H20N4O. The van der Waals surface area contributed by atoms with E-state index in [4.69, 9.17) is 0 Å². The molecule has 1 aliphatic heterocycles. The van der Waals surface area contributed by atoms with Gasteiger partial charge in [-0.1, -0.05) is 0 Å². The minimum atomic E-state index is -0.225. The predicted octanol–water partition coefficient (Wildman–Crippen LogP) is 1.46. The molecule has 2 unspecified atom stereocenters. The normalized spacial score (nSPS) is 22.1. The van der Waals surface area contributed by atoms with Gasteiger partial charge in [0.05, 0.1) is 24.2 Å². The molecule has 5 heteroatoms. The molecule has 0 amide bonds. The second-order valence-corrected chi connectivity index (χ2v) is 5.41. The molecule has 2 aromatic rings. The van der Waals surface area contributed by atoms with Crippen LogP contribution in [-0.2, 0) is 6.54 Å². The summed E-state index contributed by atoms with van der Waals surface area (Å²) in [4.78, 5) is 10.9. The lowest BCUT2D eigenvalue weighted by Crippen LogP contribution is -2.31. The van der Waals surface area contributed by atoms with E-state index in [0.29, 0.717) is 6.04 Å². The number of hydrogen-bond donors (Lipinski definition) is 1. The Balaban J connectivity index is 1.77. The van der Waals surface area contributed by atoms with Gasteiger partial charge in [-0.3, -0.25) is 14.3 Å². The van der Waals surface area contributed by atoms with E-state index in [9.17, 15) is 5.11 Å². The Labute approximate surface area is 112 Å². The maximum atomic E-state index is 9.58. The van der Waals surface area contributed by atoms with Gasteiger partial charge in [0.2, 0.25) is 0 Å². The Morgan fingerprint density at radius 2 is 2.37 bits per heavy atom. The molecule has 0 radical (unpaired) electrons. The topological polar surface area (TPSA) is 53.7 Å². The highest BCUT2D eigenvalue weighted by atomic mass is 16.3. The summed E-state index contributed by atoms with van der Waals surface area (Å²) in [6.07, 6.45) is 10.5. The Morgan fingerprint density at radius 3 is 3.21 bits per heavy atom. The molecule has 0 aliphatic carbocycles. The van der Waals surface area contributed by atoms with Crippen LogP contribution in [0.2, 0.25) is 0 Å². The van der Waals surface area contributed by atoms with Crippen molar-refractivity contribution in [1.82, 2.24) is 19.3 Å². The molecule has 102 valence electrons. The van der Waals surface area contributed by atoms with Crippen LogP contribution in [0.5, 0.6) is 0 Å². The molecular weight excluding hydrogens is 240 g/mol. The number of rotatable bonds is 4. The number of hydrogen-bond acceptors (Lipinski definition) is 4. The van der Waals surface area contributed by atoms with Crippen molar-refractivity contribution in [3.63, 3.8) is 0 Å². The lowest BCUT2D eigenvalue weighted by molar-refractivity contribution is 0.130. The summed E-state index contributed by atoms with van der Waals surface area (Å²) in [5.74, 6) is 0. The number of likely N-dealkylation sites (tertiary alicyclic amines) is 1. The van der Waals surface area contributed by atoms with E-state index in [1.165, 1.54) is 18.5 Å². The number of nitrogens with zero attached hydrogens (tertiary/aromatic N) is 4. The third-order valence-electron chi connectivity index (χ3n) is 3.87. The highest BCUT2D eigenvalue weighted by Crippen LogP contribution is 2.23. The molecule has 5 nitrogen and oxygen atoms in total. The van der Waals surface area contributed by atoms with Crippen molar-refractivity contribution in [3.05, 3.63) is 30.5 Å². The van der Waals surface area contributed by atoms with Crippen LogP contribution in [0.1, 0.15) is 31.9 Å². The van der Waals surface area contributed by atoms with Gasteiger partial charge in [-0.2, -0.15) is 0 Å². The van der Waals surface area contributed by atoms with Crippen molar-refractivity contribution < 1.29 is 5.11 Å². The van der Waals surface area contributed by atoms with Gasteiger partial charge < -0.3 is 5.11 Å². The molecule has 1 aliphatic rings. The molecule has 2 aromatic heterocycles. The second-order valence-electron chi connectivity index (χ2n) is 5.41. The van der Waals surface area contributed by atoms with Gasteiger partial charge in [0, 0.05) is 25.0 Å². The predicted molar refractivity (Wildman–Crippen MR) is 72.7 cm³/mol. The quantitative estimate of drug-likeness (QED) is 0.904. The largest absolute Gasteiger partial charge is 0.393 e. The van der Waals surface area contributed by atoms with E-state index in [2.05, 4.69) is 19.3 Å². The molecule has 2 atom stereocenters. The minimum absolute atomic E-state index is 0.225. The van der Waals surface area contributed by atoms with Gasteiger partial charge >= 0.3 is 0 Å². The highest BCUT2D eigenvalue weighted by Gasteiger charge is 2.26. The minimum Gasteiger partial charge on any atom is -0.393 e. The number of imidazole rings is 1. The second kappa shape index (κ2) is 5.27. The van der Waals surface area contributed by atoms with Crippen molar-refractivity contribution in [2.24, 2.45) is 0 Å². The Kier molecular flexibility index (Phi) is 3.48. The molecule has 3 rings (SSSR count). The number of aliphatic hydroxyl groups is 1. The molecule has 19 heavy (non-hydrogen) atoms. The standard InChI is InChI=1S/C14H20N4O/c1-11(19)7-12-3-2-5-17(12)10-13-8-16-14-9-15-4-6-18(13)14/h4,6,8-9,11-12,19H,2-3,5,7,10H2,1H3. The zero-order valence-electron chi connectivity index (χ0n) is 11.2. The molecule has 0 spiro atoms. The van der Waals surface area contributed by atoms with E-state index in [0.717, 1.165) is 25.2 Å².